The summed E-state index contributed by atoms with van der Waals surface area (Å²) < 4.78 is 21.7. The van der Waals surface area contributed by atoms with Gasteiger partial charge in [-0.2, -0.15) is 0 Å². The van der Waals surface area contributed by atoms with E-state index < -0.39 is 11.1 Å². The first-order valence-corrected chi connectivity index (χ1v) is 14.9. The molecular weight excluding hydrogens is 565 g/mol. The fourth-order valence-corrected chi connectivity index (χ4v) is 6.35. The van der Waals surface area contributed by atoms with Crippen LogP contribution in [0.25, 0.3) is 11.8 Å². The highest BCUT2D eigenvalue weighted by Crippen LogP contribution is 2.34. The van der Waals surface area contributed by atoms with Crippen LogP contribution in [0.3, 0.4) is 0 Å². The molecule has 3 amide bonds. The summed E-state index contributed by atoms with van der Waals surface area (Å²) in [6.45, 7) is 4.81. The third-order valence-corrected chi connectivity index (χ3v) is 8.76. The van der Waals surface area contributed by atoms with Gasteiger partial charge in [0.15, 0.2) is 0 Å². The first-order chi connectivity index (χ1) is 20.8. The van der Waals surface area contributed by atoms with Crippen LogP contribution in [0, 0.1) is 19.7 Å². The average Bonchev–Trinajstić information content (AvgIpc) is 3.44. The summed E-state index contributed by atoms with van der Waals surface area (Å²) in [5, 5.41) is -0.443. The van der Waals surface area contributed by atoms with Gasteiger partial charge in [-0.25, -0.2) is 4.39 Å². The number of aryl methyl sites for hydroxylation is 1. The maximum Gasteiger partial charge on any atom is 0.294 e. The molecule has 3 heterocycles. The Morgan fingerprint density at radius 3 is 2.47 bits per heavy atom. The van der Waals surface area contributed by atoms with Gasteiger partial charge >= 0.3 is 0 Å². The number of benzene rings is 3. The molecule has 2 aliphatic rings. The van der Waals surface area contributed by atoms with Crippen molar-refractivity contribution in [1.29, 1.82) is 0 Å². The monoisotopic (exact) mass is 595 g/mol. The summed E-state index contributed by atoms with van der Waals surface area (Å²) in [6.07, 6.45) is 2.47. The Morgan fingerprint density at radius 2 is 1.70 bits per heavy atom. The number of halogens is 1. The molecule has 4 aromatic rings. The summed E-state index contributed by atoms with van der Waals surface area (Å²) in [5.74, 6) is -0.381. The number of ether oxygens (including phenoxy) is 1. The lowest BCUT2D eigenvalue weighted by atomic mass is 10.00. The topological polar surface area (TPSA) is 71.9 Å². The zero-order valence-corrected chi connectivity index (χ0v) is 24.7. The molecule has 1 aromatic heterocycles. The van der Waals surface area contributed by atoms with Crippen molar-refractivity contribution in [1.82, 2.24) is 14.4 Å². The lowest BCUT2D eigenvalue weighted by Gasteiger charge is -2.29. The van der Waals surface area contributed by atoms with Gasteiger partial charge in [-0.3, -0.25) is 19.3 Å². The lowest BCUT2D eigenvalue weighted by Crippen LogP contribution is -2.44. The number of hydrogen-bond acceptors (Lipinski definition) is 5. The van der Waals surface area contributed by atoms with Gasteiger partial charge in [0.2, 0.25) is 5.91 Å². The van der Waals surface area contributed by atoms with E-state index in [0.717, 1.165) is 51.3 Å². The Hall–Kier alpha value is -4.63. The van der Waals surface area contributed by atoms with Gasteiger partial charge < -0.3 is 14.2 Å². The molecule has 0 unspecified atom stereocenters. The molecule has 218 valence electrons. The predicted octanol–water partition coefficient (Wildman–Crippen LogP) is 6.43. The molecule has 9 heteroatoms. The molecule has 0 bridgehead atoms. The molecule has 1 fully saturated rings. The standard InChI is InChI=1S/C34H30FN3O4S/c1-22-17-27(23(2)38(22)28-11-13-29(14-12-28)42-21-26-9-5-6-10-30(26)35)18-31-33(40)37(34(41)43-31)20-32(39)36-16-15-24-7-3-4-8-25(24)19-36/h3-14,17-18H,15-16,19-21H2,1-2H3/b31-18-. The second-order valence-electron chi connectivity index (χ2n) is 10.6. The Bertz CT molecular complexity index is 1760. The van der Waals surface area contributed by atoms with E-state index in [-0.39, 0.29) is 24.9 Å². The second-order valence-corrected chi connectivity index (χ2v) is 11.6. The quantitative estimate of drug-likeness (QED) is 0.230. The molecule has 0 N–H and O–H groups in total. The third-order valence-electron chi connectivity index (χ3n) is 7.85. The number of carbonyl (C=O) groups excluding carboxylic acids is 3. The van der Waals surface area contributed by atoms with Crippen molar-refractivity contribution < 1.29 is 23.5 Å². The second kappa shape index (κ2) is 11.9. The maximum atomic E-state index is 13.9. The number of hydrogen-bond donors (Lipinski definition) is 0. The van der Waals surface area contributed by atoms with Crippen molar-refractivity contribution in [2.24, 2.45) is 0 Å². The molecule has 3 aromatic carbocycles. The van der Waals surface area contributed by atoms with Gasteiger partial charge in [-0.1, -0.05) is 42.5 Å². The molecule has 0 atom stereocenters. The van der Waals surface area contributed by atoms with Crippen molar-refractivity contribution >= 4 is 34.9 Å². The Balaban J connectivity index is 1.13. The molecule has 2 aliphatic heterocycles. The predicted molar refractivity (Wildman–Crippen MR) is 164 cm³/mol. The van der Waals surface area contributed by atoms with Crippen LogP contribution in [-0.2, 0) is 29.2 Å². The van der Waals surface area contributed by atoms with Gasteiger partial charge in [0.1, 0.15) is 24.7 Å². The molecule has 0 aliphatic carbocycles. The summed E-state index contributed by atoms with van der Waals surface area (Å²) in [4.78, 5) is 42.1. The van der Waals surface area contributed by atoms with Crippen LogP contribution in [0.15, 0.2) is 83.8 Å². The maximum absolute atomic E-state index is 13.9. The first-order valence-electron chi connectivity index (χ1n) is 14.0. The largest absolute Gasteiger partial charge is 0.489 e. The van der Waals surface area contributed by atoms with Crippen molar-refractivity contribution in [2.45, 2.75) is 33.4 Å². The van der Waals surface area contributed by atoms with E-state index in [9.17, 15) is 18.8 Å². The Kier molecular flexibility index (Phi) is 7.90. The minimum absolute atomic E-state index is 0.129. The van der Waals surface area contributed by atoms with Gasteiger partial charge in [0, 0.05) is 35.7 Å². The highest BCUT2D eigenvalue weighted by Gasteiger charge is 2.37. The van der Waals surface area contributed by atoms with Crippen LogP contribution < -0.4 is 4.74 Å². The third kappa shape index (κ3) is 5.85. The highest BCUT2D eigenvalue weighted by atomic mass is 32.2. The number of rotatable bonds is 7. The molecule has 6 rings (SSSR count). The fraction of sp³-hybridized carbons (Fsp3) is 0.206. The van der Waals surface area contributed by atoms with E-state index in [4.69, 9.17) is 4.74 Å². The zero-order valence-electron chi connectivity index (χ0n) is 23.9. The van der Waals surface area contributed by atoms with Crippen molar-refractivity contribution in [2.75, 3.05) is 13.1 Å². The van der Waals surface area contributed by atoms with E-state index >= 15 is 0 Å². The Morgan fingerprint density at radius 1 is 0.977 bits per heavy atom. The normalized spacial score (nSPS) is 15.7. The van der Waals surface area contributed by atoms with Crippen molar-refractivity contribution in [3.63, 3.8) is 0 Å². The molecular formula is C34H30FN3O4S. The minimum Gasteiger partial charge on any atom is -0.489 e. The number of carbonyl (C=O) groups is 3. The number of amides is 3. The van der Waals surface area contributed by atoms with Crippen LogP contribution in [0.1, 0.15) is 33.6 Å². The van der Waals surface area contributed by atoms with Crippen molar-refractivity contribution in [3.8, 4) is 11.4 Å². The van der Waals surface area contributed by atoms with Gasteiger partial charge in [-0.15, -0.1) is 0 Å². The lowest BCUT2D eigenvalue weighted by molar-refractivity contribution is -0.136. The molecule has 1 saturated heterocycles. The zero-order chi connectivity index (χ0) is 30.1. The van der Waals surface area contributed by atoms with Gasteiger partial charge in [0.05, 0.1) is 4.91 Å². The number of nitrogens with zero attached hydrogens (tertiary/aromatic N) is 3. The molecule has 0 saturated carbocycles. The smallest absolute Gasteiger partial charge is 0.294 e. The molecule has 7 nitrogen and oxygen atoms in total. The molecule has 0 radical (unpaired) electrons. The van der Waals surface area contributed by atoms with Crippen LogP contribution >= 0.6 is 11.8 Å². The van der Waals surface area contributed by atoms with Crippen LogP contribution in [0.4, 0.5) is 9.18 Å². The van der Waals surface area contributed by atoms with E-state index in [1.807, 2.05) is 62.4 Å². The summed E-state index contributed by atoms with van der Waals surface area (Å²) >= 11 is 0.855. The Labute approximate surface area is 253 Å². The first kappa shape index (κ1) is 28.5. The van der Waals surface area contributed by atoms with E-state index in [1.165, 1.54) is 11.6 Å². The van der Waals surface area contributed by atoms with Crippen LogP contribution in [-0.4, -0.2) is 44.5 Å². The summed E-state index contributed by atoms with van der Waals surface area (Å²) in [5.41, 5.74) is 6.35. The number of aromatic nitrogens is 1. The molecule has 43 heavy (non-hydrogen) atoms. The molecule has 0 spiro atoms. The van der Waals surface area contributed by atoms with Gasteiger partial charge in [-0.05, 0) is 91.2 Å². The van der Waals surface area contributed by atoms with Crippen molar-refractivity contribution in [3.05, 3.63) is 123 Å². The SMILES string of the molecule is Cc1cc(/C=C2\SC(=O)N(CC(=O)N3CCc4ccccc4C3)C2=O)c(C)n1-c1ccc(OCc2ccccc2F)cc1. The van der Waals surface area contributed by atoms with Gasteiger partial charge in [0.25, 0.3) is 11.1 Å². The highest BCUT2D eigenvalue weighted by molar-refractivity contribution is 8.18. The van der Waals surface area contributed by atoms with Crippen LogP contribution in [0.5, 0.6) is 5.75 Å². The van der Waals surface area contributed by atoms with E-state index in [2.05, 4.69) is 10.6 Å². The number of fused-ring (bicyclic) bond motifs is 1. The number of imide groups is 1. The fourth-order valence-electron chi connectivity index (χ4n) is 5.52. The van der Waals surface area contributed by atoms with E-state index in [1.54, 1.807) is 29.2 Å². The summed E-state index contributed by atoms with van der Waals surface area (Å²) in [6, 6.07) is 24.0. The summed E-state index contributed by atoms with van der Waals surface area (Å²) in [7, 11) is 0. The number of thioether (sulfide) groups is 1. The average molecular weight is 596 g/mol. The minimum atomic E-state index is -0.457. The van der Waals surface area contributed by atoms with Crippen LogP contribution in [0.2, 0.25) is 0 Å². The van der Waals surface area contributed by atoms with E-state index in [0.29, 0.717) is 29.3 Å².